The largest absolute Gasteiger partial charge is 0.495 e. The fourth-order valence-corrected chi connectivity index (χ4v) is 3.57. The Morgan fingerprint density at radius 2 is 1.90 bits per heavy atom. The van der Waals surface area contributed by atoms with E-state index in [4.69, 9.17) is 16.3 Å². The molecule has 4 nitrogen and oxygen atoms in total. The molecule has 0 amide bonds. The van der Waals surface area contributed by atoms with Crippen LogP contribution >= 0.6 is 27.5 Å². The van der Waals surface area contributed by atoms with E-state index < -0.39 is 10.0 Å². The van der Waals surface area contributed by atoms with Gasteiger partial charge >= 0.3 is 0 Å². The number of benzene rings is 2. The number of halogens is 2. The minimum atomic E-state index is -3.78. The lowest BCUT2D eigenvalue weighted by Crippen LogP contribution is -2.14. The van der Waals surface area contributed by atoms with Crippen molar-refractivity contribution in [2.24, 2.45) is 0 Å². The Morgan fingerprint density at radius 1 is 1.20 bits per heavy atom. The van der Waals surface area contributed by atoms with Gasteiger partial charge in [0.1, 0.15) is 10.6 Å². The van der Waals surface area contributed by atoms with Gasteiger partial charge in [-0.2, -0.15) is 0 Å². The highest BCUT2D eigenvalue weighted by Gasteiger charge is 2.19. The highest BCUT2D eigenvalue weighted by Crippen LogP contribution is 2.31. The molecule has 0 radical (unpaired) electrons. The number of ether oxygens (including phenoxy) is 1. The van der Waals surface area contributed by atoms with Crippen LogP contribution in [0.5, 0.6) is 5.75 Å². The summed E-state index contributed by atoms with van der Waals surface area (Å²) in [7, 11) is -2.31. The lowest BCUT2D eigenvalue weighted by molar-refractivity contribution is 0.417. The average Bonchev–Trinajstić information content (AvgIpc) is 2.39. The van der Waals surface area contributed by atoms with E-state index in [-0.39, 0.29) is 9.92 Å². The van der Waals surface area contributed by atoms with Crippen molar-refractivity contribution < 1.29 is 13.2 Å². The molecule has 0 saturated heterocycles. The molecule has 0 spiro atoms. The smallest absolute Gasteiger partial charge is 0.263 e. The van der Waals surface area contributed by atoms with Crippen LogP contribution in [-0.4, -0.2) is 15.5 Å². The molecule has 0 saturated carbocycles. The Labute approximate surface area is 130 Å². The third-order valence-electron chi connectivity index (χ3n) is 2.53. The minimum Gasteiger partial charge on any atom is -0.495 e. The maximum atomic E-state index is 12.3. The fourth-order valence-electron chi connectivity index (χ4n) is 1.62. The van der Waals surface area contributed by atoms with Crippen LogP contribution in [-0.2, 0) is 10.0 Å². The quantitative estimate of drug-likeness (QED) is 0.880. The molecule has 106 valence electrons. The van der Waals surface area contributed by atoms with E-state index >= 15 is 0 Å². The third kappa shape index (κ3) is 3.26. The van der Waals surface area contributed by atoms with E-state index in [1.54, 1.807) is 30.3 Å². The second-order valence-corrected chi connectivity index (χ2v) is 6.85. The summed E-state index contributed by atoms with van der Waals surface area (Å²) in [5.41, 5.74) is 0.335. The van der Waals surface area contributed by atoms with Crippen molar-refractivity contribution in [3.63, 3.8) is 0 Å². The fraction of sp³-hybridized carbons (Fsp3) is 0.0769. The van der Waals surface area contributed by atoms with Crippen LogP contribution in [0.15, 0.2) is 51.8 Å². The molecule has 0 bridgehead atoms. The first kappa shape index (κ1) is 15.2. The molecule has 1 N–H and O–H groups in total. The van der Waals surface area contributed by atoms with Gasteiger partial charge in [0.25, 0.3) is 10.0 Å². The summed E-state index contributed by atoms with van der Waals surface area (Å²) < 4.78 is 33.0. The van der Waals surface area contributed by atoms with Gasteiger partial charge in [-0.15, -0.1) is 0 Å². The molecule has 2 aromatic carbocycles. The summed E-state index contributed by atoms with van der Waals surface area (Å²) in [5, 5.41) is 0.161. The van der Waals surface area contributed by atoms with Crippen LogP contribution in [0.4, 0.5) is 5.69 Å². The monoisotopic (exact) mass is 375 g/mol. The summed E-state index contributed by atoms with van der Waals surface area (Å²) in [6.07, 6.45) is 0. The molecule has 2 rings (SSSR count). The molecular weight excluding hydrogens is 366 g/mol. The van der Waals surface area contributed by atoms with Crippen molar-refractivity contribution in [1.29, 1.82) is 0 Å². The Bertz CT molecular complexity index is 734. The molecule has 0 fully saturated rings. The summed E-state index contributed by atoms with van der Waals surface area (Å²) >= 11 is 9.21. The highest BCUT2D eigenvalue weighted by molar-refractivity contribution is 9.10. The van der Waals surface area contributed by atoms with Gasteiger partial charge in [0.2, 0.25) is 0 Å². The lowest BCUT2D eigenvalue weighted by atomic mass is 10.3. The second-order valence-electron chi connectivity index (χ2n) is 3.88. The topological polar surface area (TPSA) is 55.4 Å². The zero-order valence-corrected chi connectivity index (χ0v) is 13.6. The van der Waals surface area contributed by atoms with Gasteiger partial charge in [0.05, 0.1) is 17.8 Å². The number of hydrogen-bond donors (Lipinski definition) is 1. The van der Waals surface area contributed by atoms with Gasteiger partial charge in [-0.25, -0.2) is 8.42 Å². The molecule has 0 unspecified atom stereocenters. The Hall–Kier alpha value is -1.24. The minimum absolute atomic E-state index is 0.0173. The van der Waals surface area contributed by atoms with Crippen molar-refractivity contribution in [3.05, 3.63) is 52.0 Å². The van der Waals surface area contributed by atoms with Crippen molar-refractivity contribution in [1.82, 2.24) is 0 Å². The van der Waals surface area contributed by atoms with Gasteiger partial charge in [0.15, 0.2) is 0 Å². The number of hydrogen-bond acceptors (Lipinski definition) is 3. The van der Waals surface area contributed by atoms with Crippen molar-refractivity contribution in [3.8, 4) is 5.75 Å². The number of sulfonamides is 1. The van der Waals surface area contributed by atoms with Crippen molar-refractivity contribution >= 4 is 43.2 Å². The Kier molecular flexibility index (Phi) is 4.57. The first-order valence-corrected chi connectivity index (χ1v) is 8.20. The molecule has 7 heteroatoms. The van der Waals surface area contributed by atoms with Gasteiger partial charge in [-0.05, 0) is 30.3 Å². The van der Waals surface area contributed by atoms with Crippen LogP contribution in [0, 0.1) is 0 Å². The zero-order chi connectivity index (χ0) is 14.8. The average molecular weight is 377 g/mol. The number of anilines is 1. The summed E-state index contributed by atoms with van der Waals surface area (Å²) in [5.74, 6) is 0.420. The first-order chi connectivity index (χ1) is 9.44. The summed E-state index contributed by atoms with van der Waals surface area (Å²) in [6.45, 7) is 0. The van der Waals surface area contributed by atoms with Crippen molar-refractivity contribution in [2.45, 2.75) is 4.90 Å². The first-order valence-electron chi connectivity index (χ1n) is 5.55. The zero-order valence-electron chi connectivity index (χ0n) is 10.4. The SMILES string of the molecule is COc1ccc(Br)cc1NS(=O)(=O)c1ccccc1Cl. The van der Waals surface area contributed by atoms with E-state index in [1.165, 1.54) is 19.2 Å². The van der Waals surface area contributed by atoms with Crippen LogP contribution in [0.2, 0.25) is 5.02 Å². The van der Waals surface area contributed by atoms with Gasteiger partial charge < -0.3 is 4.74 Å². The molecule has 0 heterocycles. The number of rotatable bonds is 4. The number of methoxy groups -OCH3 is 1. The van der Waals surface area contributed by atoms with Gasteiger partial charge in [0, 0.05) is 4.47 Å². The molecule has 20 heavy (non-hydrogen) atoms. The highest BCUT2D eigenvalue weighted by atomic mass is 79.9. The van der Waals surface area contributed by atoms with E-state index in [9.17, 15) is 8.42 Å². The maximum Gasteiger partial charge on any atom is 0.263 e. The molecule has 0 aliphatic carbocycles. The van der Waals surface area contributed by atoms with E-state index in [1.807, 2.05) is 0 Å². The Balaban J connectivity index is 2.44. The van der Waals surface area contributed by atoms with Crippen LogP contribution in [0.1, 0.15) is 0 Å². The molecule has 0 aromatic heterocycles. The maximum absolute atomic E-state index is 12.3. The normalized spacial score (nSPS) is 11.2. The third-order valence-corrected chi connectivity index (χ3v) is 4.89. The van der Waals surface area contributed by atoms with Gasteiger partial charge in [-0.3, -0.25) is 4.72 Å². The van der Waals surface area contributed by atoms with Gasteiger partial charge in [-0.1, -0.05) is 39.7 Å². The van der Waals surface area contributed by atoms with E-state index in [0.717, 1.165) is 4.47 Å². The molecule has 0 atom stereocenters. The molecule has 0 aliphatic rings. The van der Waals surface area contributed by atoms with E-state index in [0.29, 0.717) is 11.4 Å². The lowest BCUT2D eigenvalue weighted by Gasteiger charge is -2.13. The standard InChI is InChI=1S/C13H11BrClNO3S/c1-19-12-7-6-9(14)8-11(12)16-20(17,18)13-5-3-2-4-10(13)15/h2-8,16H,1H3. The molecular formula is C13H11BrClNO3S. The number of nitrogens with one attached hydrogen (secondary N) is 1. The summed E-state index contributed by atoms with van der Waals surface area (Å²) in [4.78, 5) is 0.0173. The summed E-state index contributed by atoms with van der Waals surface area (Å²) in [6, 6.07) is 11.3. The predicted molar refractivity (Wildman–Crippen MR) is 83.0 cm³/mol. The molecule has 0 aliphatic heterocycles. The predicted octanol–water partition coefficient (Wildman–Crippen LogP) is 3.91. The van der Waals surface area contributed by atoms with Crippen LogP contribution in [0.3, 0.4) is 0 Å². The Morgan fingerprint density at radius 3 is 2.55 bits per heavy atom. The van der Waals surface area contributed by atoms with Crippen LogP contribution in [0.25, 0.3) is 0 Å². The second kappa shape index (κ2) is 6.03. The van der Waals surface area contributed by atoms with Crippen LogP contribution < -0.4 is 9.46 Å². The molecule has 2 aromatic rings. The van der Waals surface area contributed by atoms with Crippen molar-refractivity contribution in [2.75, 3.05) is 11.8 Å². The van der Waals surface area contributed by atoms with E-state index in [2.05, 4.69) is 20.7 Å².